The van der Waals surface area contributed by atoms with Gasteiger partial charge >= 0.3 is 0 Å². The molecule has 1 amide bonds. The molecule has 0 aliphatic rings. The molecule has 6 heteroatoms. The summed E-state index contributed by atoms with van der Waals surface area (Å²) in [6.07, 6.45) is -1.22. The van der Waals surface area contributed by atoms with E-state index in [-0.39, 0.29) is 23.5 Å². The summed E-state index contributed by atoms with van der Waals surface area (Å²) in [7, 11) is 1.42. The number of likely N-dealkylation sites (N-methyl/N-ethyl adjacent to an activating group) is 1. The van der Waals surface area contributed by atoms with E-state index in [9.17, 15) is 15.0 Å². The first-order valence-corrected chi connectivity index (χ1v) is 8.04. The van der Waals surface area contributed by atoms with Crippen LogP contribution in [0.1, 0.15) is 23.7 Å². The molecule has 1 atom stereocenters. The fourth-order valence-corrected chi connectivity index (χ4v) is 2.48. The Bertz CT molecular complexity index is 786. The molecule has 5 nitrogen and oxygen atoms in total. The lowest BCUT2D eigenvalue weighted by Crippen LogP contribution is -2.27. The van der Waals surface area contributed by atoms with Gasteiger partial charge in [0.05, 0.1) is 11.8 Å². The van der Waals surface area contributed by atoms with E-state index < -0.39 is 12.0 Å². The summed E-state index contributed by atoms with van der Waals surface area (Å²) in [6, 6.07) is 15.2. The van der Waals surface area contributed by atoms with Gasteiger partial charge in [0.25, 0.3) is 5.91 Å². The Morgan fingerprint density at radius 1 is 1.16 bits per heavy atom. The fraction of sp³-hybridized carbons (Fsp3) is 0.158. The number of rotatable bonds is 6. The number of hydrogen-bond acceptors (Lipinski definition) is 4. The van der Waals surface area contributed by atoms with E-state index in [2.05, 4.69) is 5.32 Å². The van der Waals surface area contributed by atoms with E-state index in [1.54, 1.807) is 54.6 Å². The lowest BCUT2D eigenvalue weighted by molar-refractivity contribution is -0.116. The highest BCUT2D eigenvalue weighted by atomic mass is 35.5. The Kier molecular flexibility index (Phi) is 6.33. The molecule has 0 bridgehead atoms. The Balaban J connectivity index is 2.32. The Morgan fingerprint density at radius 2 is 1.76 bits per heavy atom. The van der Waals surface area contributed by atoms with Crippen molar-refractivity contribution in [2.24, 2.45) is 0 Å². The first-order chi connectivity index (χ1) is 11.9. The zero-order valence-corrected chi connectivity index (χ0v) is 14.4. The van der Waals surface area contributed by atoms with E-state index in [0.717, 1.165) is 0 Å². The monoisotopic (exact) mass is 358 g/mol. The molecule has 0 aromatic heterocycles. The smallest absolute Gasteiger partial charge is 0.256 e. The predicted molar refractivity (Wildman–Crippen MR) is 98.0 cm³/mol. The van der Waals surface area contributed by atoms with Crippen LogP contribution < -0.4 is 5.32 Å². The van der Waals surface area contributed by atoms with E-state index in [1.807, 2.05) is 0 Å². The normalized spacial score (nSPS) is 12.9. The number of aliphatic hydroxyl groups is 2. The van der Waals surface area contributed by atoms with E-state index in [1.165, 1.54) is 7.05 Å². The van der Waals surface area contributed by atoms with Crippen molar-refractivity contribution >= 4 is 23.2 Å². The first kappa shape index (κ1) is 18.7. The number of aliphatic hydroxyl groups excluding tert-OH is 2. The van der Waals surface area contributed by atoms with Gasteiger partial charge in [0, 0.05) is 24.1 Å². The average molecular weight is 359 g/mol. The highest BCUT2D eigenvalue weighted by molar-refractivity contribution is 6.30. The molecular weight excluding hydrogens is 340 g/mol. The van der Waals surface area contributed by atoms with Gasteiger partial charge in [0.2, 0.25) is 0 Å². The van der Waals surface area contributed by atoms with Crippen molar-refractivity contribution in [3.63, 3.8) is 0 Å². The van der Waals surface area contributed by atoms with Gasteiger partial charge in [-0.1, -0.05) is 54.1 Å². The van der Waals surface area contributed by atoms with Gasteiger partial charge in [-0.15, -0.1) is 0 Å². The molecule has 0 saturated carbocycles. The Labute approximate surface area is 151 Å². The van der Waals surface area contributed by atoms with Crippen LogP contribution in [0.4, 0.5) is 0 Å². The maximum Gasteiger partial charge on any atom is 0.256 e. The maximum atomic E-state index is 12.2. The van der Waals surface area contributed by atoms with Crippen LogP contribution in [-0.4, -0.2) is 28.9 Å². The van der Waals surface area contributed by atoms with E-state index in [4.69, 9.17) is 17.0 Å². The largest absolute Gasteiger partial charge is 0.511 e. The van der Waals surface area contributed by atoms with E-state index in [0.29, 0.717) is 16.1 Å². The third-order valence-corrected chi connectivity index (χ3v) is 3.95. The molecule has 25 heavy (non-hydrogen) atoms. The minimum absolute atomic E-state index is 0.110. The molecule has 0 spiro atoms. The number of carbonyl (C=O) groups excluding carboxylic acids is 1. The number of halogens is 1. The van der Waals surface area contributed by atoms with Crippen LogP contribution in [0, 0.1) is 5.41 Å². The summed E-state index contributed by atoms with van der Waals surface area (Å²) in [5, 5.41) is 31.9. The second-order valence-electron chi connectivity index (χ2n) is 5.41. The number of amides is 1. The summed E-state index contributed by atoms with van der Waals surface area (Å²) in [4.78, 5) is 12.2. The number of carbonyl (C=O) groups is 1. The highest BCUT2D eigenvalue weighted by Gasteiger charge is 2.22. The Morgan fingerprint density at radius 3 is 2.32 bits per heavy atom. The van der Waals surface area contributed by atoms with Gasteiger partial charge in [-0.05, 0) is 17.7 Å². The molecule has 0 aliphatic carbocycles. The van der Waals surface area contributed by atoms with Crippen LogP contribution in [0.2, 0.25) is 5.02 Å². The minimum Gasteiger partial charge on any atom is -0.511 e. The molecule has 2 rings (SSSR count). The topological polar surface area (TPSA) is 93.4 Å². The summed E-state index contributed by atoms with van der Waals surface area (Å²) in [6.45, 7) is 0. The molecule has 130 valence electrons. The molecule has 2 aromatic rings. The molecule has 2 aromatic carbocycles. The second-order valence-corrected chi connectivity index (χ2v) is 5.85. The fourth-order valence-electron chi connectivity index (χ4n) is 2.35. The molecule has 0 radical (unpaired) electrons. The van der Waals surface area contributed by atoms with Crippen LogP contribution >= 0.6 is 11.6 Å². The maximum absolute atomic E-state index is 12.2. The first-order valence-electron chi connectivity index (χ1n) is 7.66. The van der Waals surface area contributed by atoms with Crippen LogP contribution in [0.3, 0.4) is 0 Å². The lowest BCUT2D eigenvalue weighted by atomic mass is 9.97. The van der Waals surface area contributed by atoms with Gasteiger partial charge in [-0.3, -0.25) is 10.2 Å². The SMILES string of the molecule is CNC(=O)/C(C(=N)c1ccccc1)=C(/O)CC(O)c1ccc(Cl)cc1. The zero-order chi connectivity index (χ0) is 18.4. The van der Waals surface area contributed by atoms with Crippen molar-refractivity contribution in [2.75, 3.05) is 7.05 Å². The van der Waals surface area contributed by atoms with Crippen LogP contribution in [-0.2, 0) is 4.79 Å². The third-order valence-electron chi connectivity index (χ3n) is 3.70. The standard InChI is InChI=1S/C19H19ClN2O3/c1-22-19(25)17(18(21)13-5-3-2-4-6-13)16(24)11-15(23)12-7-9-14(20)10-8-12/h2-10,15,21,23-24H,11H2,1H3,(H,22,25)/b17-16+,21-18?. The molecule has 0 fully saturated rings. The summed E-state index contributed by atoms with van der Waals surface area (Å²) >= 11 is 5.82. The molecular formula is C19H19ClN2O3. The summed E-state index contributed by atoms with van der Waals surface area (Å²) < 4.78 is 0. The number of benzene rings is 2. The summed E-state index contributed by atoms with van der Waals surface area (Å²) in [5.41, 5.74) is 0.773. The molecule has 4 N–H and O–H groups in total. The lowest BCUT2D eigenvalue weighted by Gasteiger charge is -2.15. The quantitative estimate of drug-likeness (QED) is 0.362. The van der Waals surface area contributed by atoms with Gasteiger partial charge in [-0.2, -0.15) is 0 Å². The van der Waals surface area contributed by atoms with Crippen molar-refractivity contribution in [3.8, 4) is 0 Å². The van der Waals surface area contributed by atoms with Crippen LogP contribution in [0.25, 0.3) is 0 Å². The average Bonchev–Trinajstić information content (AvgIpc) is 2.62. The van der Waals surface area contributed by atoms with Crippen molar-refractivity contribution in [2.45, 2.75) is 12.5 Å². The highest BCUT2D eigenvalue weighted by Crippen LogP contribution is 2.24. The van der Waals surface area contributed by atoms with Crippen LogP contribution in [0.15, 0.2) is 65.9 Å². The van der Waals surface area contributed by atoms with Gasteiger partial charge < -0.3 is 15.5 Å². The molecule has 0 saturated heterocycles. The second kappa shape index (κ2) is 8.46. The Hall–Kier alpha value is -2.63. The van der Waals surface area contributed by atoms with Gasteiger partial charge in [0.15, 0.2) is 0 Å². The molecule has 1 unspecified atom stereocenters. The van der Waals surface area contributed by atoms with Crippen molar-refractivity contribution < 1.29 is 15.0 Å². The van der Waals surface area contributed by atoms with E-state index >= 15 is 0 Å². The minimum atomic E-state index is -1.03. The van der Waals surface area contributed by atoms with Crippen molar-refractivity contribution in [3.05, 3.63) is 82.1 Å². The third kappa shape index (κ3) is 4.68. The van der Waals surface area contributed by atoms with Gasteiger partial charge in [0.1, 0.15) is 11.3 Å². The molecule has 0 heterocycles. The predicted octanol–water partition coefficient (Wildman–Crippen LogP) is 3.39. The molecule has 0 aliphatic heterocycles. The van der Waals surface area contributed by atoms with Gasteiger partial charge in [-0.25, -0.2) is 0 Å². The number of hydrogen-bond donors (Lipinski definition) is 4. The number of nitrogens with one attached hydrogen (secondary N) is 2. The summed E-state index contributed by atoms with van der Waals surface area (Å²) in [5.74, 6) is -0.940. The van der Waals surface area contributed by atoms with Crippen molar-refractivity contribution in [1.82, 2.24) is 5.32 Å². The van der Waals surface area contributed by atoms with Crippen molar-refractivity contribution in [1.29, 1.82) is 5.41 Å². The van der Waals surface area contributed by atoms with Crippen LogP contribution in [0.5, 0.6) is 0 Å². The zero-order valence-electron chi connectivity index (χ0n) is 13.7.